The molecular weight excluding hydrogens is 298 g/mol. The van der Waals surface area contributed by atoms with Gasteiger partial charge in [0.05, 0.1) is 6.04 Å². The lowest BCUT2D eigenvalue weighted by Crippen LogP contribution is -2.42. The Morgan fingerprint density at radius 3 is 2.17 bits per heavy atom. The van der Waals surface area contributed by atoms with Crippen molar-refractivity contribution >= 4 is 11.7 Å². The molecule has 1 amide bonds. The molecule has 0 spiro atoms. The van der Waals surface area contributed by atoms with E-state index in [-0.39, 0.29) is 23.8 Å². The van der Waals surface area contributed by atoms with Crippen molar-refractivity contribution in [1.82, 2.24) is 4.90 Å². The number of amides is 1. The van der Waals surface area contributed by atoms with E-state index >= 15 is 0 Å². The van der Waals surface area contributed by atoms with Crippen molar-refractivity contribution in [2.75, 3.05) is 0 Å². The zero-order valence-corrected chi connectivity index (χ0v) is 15.4. The molecule has 2 atom stereocenters. The number of hydrogen-bond acceptors (Lipinski definition) is 2. The average molecular weight is 327 g/mol. The highest BCUT2D eigenvalue weighted by atomic mass is 16.2. The Balaban J connectivity index is 2.03. The lowest BCUT2D eigenvalue weighted by atomic mass is 9.86. The van der Waals surface area contributed by atoms with Crippen molar-refractivity contribution < 1.29 is 9.59 Å². The van der Waals surface area contributed by atoms with Gasteiger partial charge in [0.15, 0.2) is 5.78 Å². The Hall–Kier alpha value is -1.64. The van der Waals surface area contributed by atoms with Gasteiger partial charge in [0.2, 0.25) is 5.91 Å². The van der Waals surface area contributed by atoms with E-state index < -0.39 is 5.92 Å². The van der Waals surface area contributed by atoms with Crippen molar-refractivity contribution in [1.29, 1.82) is 0 Å². The second kappa shape index (κ2) is 6.70. The lowest BCUT2D eigenvalue weighted by Gasteiger charge is -2.29. The summed E-state index contributed by atoms with van der Waals surface area (Å²) >= 11 is 0. The molecule has 130 valence electrons. The minimum atomic E-state index is -0.581. The molecule has 1 saturated heterocycles. The van der Waals surface area contributed by atoms with E-state index in [0.29, 0.717) is 0 Å². The van der Waals surface area contributed by atoms with Gasteiger partial charge in [-0.1, -0.05) is 43.9 Å². The van der Waals surface area contributed by atoms with Crippen molar-refractivity contribution in [3.63, 3.8) is 0 Å². The lowest BCUT2D eigenvalue weighted by molar-refractivity contribution is -0.132. The van der Waals surface area contributed by atoms with Gasteiger partial charge < -0.3 is 4.90 Å². The van der Waals surface area contributed by atoms with E-state index in [0.717, 1.165) is 42.4 Å². The maximum atomic E-state index is 13.3. The van der Waals surface area contributed by atoms with Gasteiger partial charge in [-0.05, 0) is 56.7 Å². The fourth-order valence-electron chi connectivity index (χ4n) is 4.84. The van der Waals surface area contributed by atoms with E-state index in [1.165, 1.54) is 18.4 Å². The summed E-state index contributed by atoms with van der Waals surface area (Å²) in [5.41, 5.74) is 4.28. The van der Waals surface area contributed by atoms with Crippen LogP contribution in [0.15, 0.2) is 12.1 Å². The third-order valence-corrected chi connectivity index (χ3v) is 5.76. The molecule has 3 heteroatoms. The first-order valence-corrected chi connectivity index (χ1v) is 9.39. The summed E-state index contributed by atoms with van der Waals surface area (Å²) in [4.78, 5) is 28.5. The number of rotatable bonds is 4. The van der Waals surface area contributed by atoms with Gasteiger partial charge in [0.25, 0.3) is 0 Å². The second-order valence-corrected chi connectivity index (χ2v) is 7.64. The van der Waals surface area contributed by atoms with Gasteiger partial charge in [-0.3, -0.25) is 9.59 Å². The SMILES string of the molecule is CCCC1C(=O)C(c2c(C)cc(C)cc2C)C(=O)N1C1CCCC1. The molecule has 1 aliphatic heterocycles. The molecule has 24 heavy (non-hydrogen) atoms. The Morgan fingerprint density at radius 1 is 1.04 bits per heavy atom. The monoisotopic (exact) mass is 327 g/mol. The first kappa shape index (κ1) is 17.2. The number of hydrogen-bond donors (Lipinski definition) is 0. The molecule has 0 bridgehead atoms. The highest BCUT2D eigenvalue weighted by Crippen LogP contribution is 2.39. The van der Waals surface area contributed by atoms with E-state index in [2.05, 4.69) is 26.0 Å². The smallest absolute Gasteiger partial charge is 0.238 e. The van der Waals surface area contributed by atoms with Crippen LogP contribution in [0.3, 0.4) is 0 Å². The molecule has 3 nitrogen and oxygen atoms in total. The Bertz CT molecular complexity index is 635. The number of ketones is 1. The van der Waals surface area contributed by atoms with Gasteiger partial charge >= 0.3 is 0 Å². The Kier molecular flexibility index (Phi) is 4.80. The van der Waals surface area contributed by atoms with Gasteiger partial charge in [-0.15, -0.1) is 0 Å². The second-order valence-electron chi connectivity index (χ2n) is 7.64. The predicted molar refractivity (Wildman–Crippen MR) is 96.2 cm³/mol. The van der Waals surface area contributed by atoms with Crippen LogP contribution < -0.4 is 0 Å². The zero-order chi connectivity index (χ0) is 17.4. The molecule has 0 aromatic heterocycles. The molecule has 2 unspecified atom stereocenters. The van der Waals surface area contributed by atoms with E-state index in [1.807, 2.05) is 18.7 Å². The van der Waals surface area contributed by atoms with Gasteiger partial charge in [-0.25, -0.2) is 0 Å². The van der Waals surface area contributed by atoms with E-state index in [9.17, 15) is 9.59 Å². The van der Waals surface area contributed by atoms with Gasteiger partial charge in [-0.2, -0.15) is 0 Å². The molecule has 1 heterocycles. The first-order valence-electron chi connectivity index (χ1n) is 9.39. The predicted octanol–water partition coefficient (Wildman–Crippen LogP) is 4.22. The summed E-state index contributed by atoms with van der Waals surface area (Å²) in [6, 6.07) is 4.25. The van der Waals surface area contributed by atoms with E-state index in [4.69, 9.17) is 0 Å². The normalized spacial score (nSPS) is 25.1. The third kappa shape index (κ3) is 2.78. The van der Waals surface area contributed by atoms with Crippen molar-refractivity contribution in [2.45, 2.75) is 84.2 Å². The summed E-state index contributed by atoms with van der Waals surface area (Å²) in [7, 11) is 0. The molecule has 0 radical (unpaired) electrons. The van der Waals surface area contributed by atoms with Crippen molar-refractivity contribution in [2.24, 2.45) is 0 Å². The standard InChI is InChI=1S/C21H29NO2/c1-5-8-17-20(23)19(18-14(3)11-13(2)12-15(18)4)21(24)22(17)16-9-6-7-10-16/h11-12,16-17,19H,5-10H2,1-4H3. The van der Waals surface area contributed by atoms with Crippen LogP contribution in [0.2, 0.25) is 0 Å². The number of benzene rings is 1. The molecule has 1 aromatic rings. The first-order chi connectivity index (χ1) is 11.5. The van der Waals surface area contributed by atoms with Crippen LogP contribution in [0.4, 0.5) is 0 Å². The largest absolute Gasteiger partial charge is 0.329 e. The topological polar surface area (TPSA) is 37.4 Å². The Morgan fingerprint density at radius 2 is 1.62 bits per heavy atom. The fraction of sp³-hybridized carbons (Fsp3) is 0.619. The highest BCUT2D eigenvalue weighted by molar-refractivity contribution is 6.15. The number of likely N-dealkylation sites (tertiary alicyclic amines) is 1. The maximum absolute atomic E-state index is 13.3. The summed E-state index contributed by atoms with van der Waals surface area (Å²) < 4.78 is 0. The number of nitrogens with zero attached hydrogens (tertiary/aromatic N) is 1. The Labute approximate surface area is 145 Å². The zero-order valence-electron chi connectivity index (χ0n) is 15.4. The average Bonchev–Trinajstić information content (AvgIpc) is 3.09. The van der Waals surface area contributed by atoms with Gasteiger partial charge in [0, 0.05) is 6.04 Å². The molecule has 1 saturated carbocycles. The quantitative estimate of drug-likeness (QED) is 0.777. The summed E-state index contributed by atoms with van der Waals surface area (Å²) in [5, 5.41) is 0. The minimum Gasteiger partial charge on any atom is -0.329 e. The van der Waals surface area contributed by atoms with Gasteiger partial charge in [0.1, 0.15) is 5.92 Å². The summed E-state index contributed by atoms with van der Waals surface area (Å²) in [6.45, 7) is 8.22. The number of carbonyl (C=O) groups is 2. The number of Topliss-reactive ketones (excluding diaryl/α,β-unsaturated/α-hetero) is 1. The summed E-state index contributed by atoms with van der Waals surface area (Å²) in [5.74, 6) is -0.396. The van der Waals surface area contributed by atoms with Crippen LogP contribution in [0, 0.1) is 20.8 Å². The van der Waals surface area contributed by atoms with Crippen LogP contribution in [-0.4, -0.2) is 28.7 Å². The van der Waals surface area contributed by atoms with Crippen LogP contribution in [0.1, 0.15) is 73.6 Å². The van der Waals surface area contributed by atoms with Crippen molar-refractivity contribution in [3.05, 3.63) is 34.4 Å². The molecule has 3 rings (SSSR count). The summed E-state index contributed by atoms with van der Waals surface area (Å²) in [6.07, 6.45) is 6.19. The van der Waals surface area contributed by atoms with E-state index in [1.54, 1.807) is 0 Å². The third-order valence-electron chi connectivity index (χ3n) is 5.76. The molecule has 1 aliphatic carbocycles. The highest BCUT2D eigenvalue weighted by Gasteiger charge is 2.50. The molecule has 0 N–H and O–H groups in total. The van der Waals surface area contributed by atoms with Crippen LogP contribution >= 0.6 is 0 Å². The molecule has 1 aromatic carbocycles. The fourth-order valence-corrected chi connectivity index (χ4v) is 4.84. The molecule has 2 aliphatic rings. The van der Waals surface area contributed by atoms with Crippen LogP contribution in [-0.2, 0) is 9.59 Å². The van der Waals surface area contributed by atoms with Crippen LogP contribution in [0.5, 0.6) is 0 Å². The number of aryl methyl sites for hydroxylation is 3. The van der Waals surface area contributed by atoms with Crippen molar-refractivity contribution in [3.8, 4) is 0 Å². The molecule has 2 fully saturated rings. The minimum absolute atomic E-state index is 0.0559. The molecular formula is C21H29NO2. The maximum Gasteiger partial charge on any atom is 0.238 e. The number of carbonyl (C=O) groups excluding carboxylic acids is 2. The van der Waals surface area contributed by atoms with Crippen LogP contribution in [0.25, 0.3) is 0 Å².